The lowest BCUT2D eigenvalue weighted by Gasteiger charge is -2.18. The van der Waals surface area contributed by atoms with Crippen LogP contribution in [0, 0.1) is 0 Å². The average Bonchev–Trinajstić information content (AvgIpc) is 2.75. The lowest BCUT2D eigenvalue weighted by molar-refractivity contribution is -0.137. The Hall–Kier alpha value is -1.01. The molecule has 0 saturated heterocycles. The molecule has 0 amide bonds. The largest absolute Gasteiger partial charge is 0.418 e. The molecule has 1 aromatic carbocycles. The zero-order valence-corrected chi connectivity index (χ0v) is 12.4. The van der Waals surface area contributed by atoms with Crippen LogP contribution < -0.4 is 5.32 Å². The van der Waals surface area contributed by atoms with Crippen molar-refractivity contribution in [3.63, 3.8) is 0 Å². The number of hydrogen-bond donors (Lipinski definition) is 1. The van der Waals surface area contributed by atoms with Crippen molar-refractivity contribution in [1.82, 2.24) is 0 Å². The third-order valence-corrected chi connectivity index (χ3v) is 4.43. The van der Waals surface area contributed by atoms with Crippen LogP contribution in [0.25, 0.3) is 0 Å². The molecule has 0 bridgehead atoms. The second kappa shape index (κ2) is 5.54. The topological polar surface area (TPSA) is 12.0 Å². The third-order valence-electron chi connectivity index (χ3n) is 2.63. The van der Waals surface area contributed by atoms with Gasteiger partial charge >= 0.3 is 6.18 Å². The highest BCUT2D eigenvalue weighted by atomic mass is 79.9. The predicted octanol–water partition coefficient (Wildman–Crippen LogP) is 5.70. The molecule has 0 saturated carbocycles. The molecule has 2 aromatic rings. The molecular weight excluding hydrogens is 339 g/mol. The molecule has 0 aliphatic carbocycles. The van der Waals surface area contributed by atoms with Gasteiger partial charge in [-0.15, -0.1) is 11.3 Å². The minimum Gasteiger partial charge on any atom is -0.377 e. The molecular formula is C13H11BrF3NS. The molecule has 1 unspecified atom stereocenters. The summed E-state index contributed by atoms with van der Waals surface area (Å²) < 4.78 is 39.5. The minimum absolute atomic E-state index is 0.104. The van der Waals surface area contributed by atoms with Gasteiger partial charge in [0.25, 0.3) is 0 Å². The SMILES string of the molecule is CC(Nc1ccccc1C(F)(F)F)c1ccc(Br)s1. The maximum atomic E-state index is 12.9. The summed E-state index contributed by atoms with van der Waals surface area (Å²) in [5.41, 5.74) is -0.538. The van der Waals surface area contributed by atoms with Gasteiger partial charge in [-0.3, -0.25) is 0 Å². The lowest BCUT2D eigenvalue weighted by atomic mass is 10.1. The Balaban J connectivity index is 2.24. The van der Waals surface area contributed by atoms with E-state index in [9.17, 15) is 13.2 Å². The number of rotatable bonds is 3. The van der Waals surface area contributed by atoms with E-state index in [1.54, 1.807) is 6.07 Å². The van der Waals surface area contributed by atoms with Gasteiger partial charge in [0.1, 0.15) is 0 Å². The van der Waals surface area contributed by atoms with Crippen molar-refractivity contribution in [1.29, 1.82) is 0 Å². The minimum atomic E-state index is -4.35. The summed E-state index contributed by atoms with van der Waals surface area (Å²) in [7, 11) is 0. The van der Waals surface area contributed by atoms with Crippen LogP contribution in [-0.4, -0.2) is 0 Å². The number of benzene rings is 1. The molecule has 1 atom stereocenters. The van der Waals surface area contributed by atoms with Gasteiger partial charge < -0.3 is 5.32 Å². The molecule has 2 rings (SSSR count). The van der Waals surface area contributed by atoms with Crippen molar-refractivity contribution in [2.75, 3.05) is 5.32 Å². The Kier molecular flexibility index (Phi) is 4.20. The molecule has 6 heteroatoms. The van der Waals surface area contributed by atoms with Gasteiger partial charge in [0.15, 0.2) is 0 Å². The van der Waals surface area contributed by atoms with E-state index in [1.807, 2.05) is 19.1 Å². The summed E-state index contributed by atoms with van der Waals surface area (Å²) in [4.78, 5) is 0.976. The number of halogens is 4. The zero-order chi connectivity index (χ0) is 14.0. The Morgan fingerprint density at radius 1 is 1.16 bits per heavy atom. The standard InChI is InChI=1S/C13H11BrF3NS/c1-8(11-6-7-12(14)19-11)18-10-5-3-2-4-9(10)13(15,16)17/h2-8,18H,1H3. The number of para-hydroxylation sites is 1. The Bertz CT molecular complexity index is 565. The zero-order valence-electron chi connectivity index (χ0n) is 9.96. The van der Waals surface area contributed by atoms with Crippen LogP contribution in [0.5, 0.6) is 0 Å². The molecule has 0 aliphatic rings. The van der Waals surface area contributed by atoms with Gasteiger partial charge in [-0.1, -0.05) is 12.1 Å². The predicted molar refractivity (Wildman–Crippen MR) is 75.5 cm³/mol. The number of hydrogen-bond acceptors (Lipinski definition) is 2. The molecule has 1 nitrogen and oxygen atoms in total. The fourth-order valence-corrected chi connectivity index (χ4v) is 3.15. The summed E-state index contributed by atoms with van der Waals surface area (Å²) in [6, 6.07) is 9.10. The Morgan fingerprint density at radius 3 is 2.42 bits per heavy atom. The quantitative estimate of drug-likeness (QED) is 0.748. The van der Waals surface area contributed by atoms with Crippen molar-refractivity contribution in [3.05, 3.63) is 50.6 Å². The van der Waals surface area contributed by atoms with Crippen molar-refractivity contribution >= 4 is 33.0 Å². The Morgan fingerprint density at radius 2 is 1.84 bits per heavy atom. The van der Waals surface area contributed by atoms with Gasteiger partial charge in [-0.25, -0.2) is 0 Å². The Labute approximate surface area is 121 Å². The fraction of sp³-hybridized carbons (Fsp3) is 0.231. The van der Waals surface area contributed by atoms with Crippen LogP contribution in [0.3, 0.4) is 0 Å². The first-order valence-corrected chi connectivity index (χ1v) is 7.17. The molecule has 1 N–H and O–H groups in total. The number of thiophene rings is 1. The van der Waals surface area contributed by atoms with E-state index in [0.717, 1.165) is 14.7 Å². The summed E-state index contributed by atoms with van der Waals surface area (Å²) in [6.45, 7) is 1.84. The second-order valence-corrected chi connectivity index (χ2v) is 6.55. The average molecular weight is 350 g/mol. The highest BCUT2D eigenvalue weighted by Gasteiger charge is 2.33. The van der Waals surface area contributed by atoms with Crippen LogP contribution in [-0.2, 0) is 6.18 Å². The molecule has 0 radical (unpaired) electrons. The molecule has 102 valence electrons. The molecule has 1 aromatic heterocycles. The van der Waals surface area contributed by atoms with Crippen molar-refractivity contribution in [2.45, 2.75) is 19.1 Å². The van der Waals surface area contributed by atoms with Crippen molar-refractivity contribution < 1.29 is 13.2 Å². The molecule has 0 aliphatic heterocycles. The van der Waals surface area contributed by atoms with Crippen LogP contribution in [0.2, 0.25) is 0 Å². The summed E-state index contributed by atoms with van der Waals surface area (Å²) in [5.74, 6) is 0. The first-order valence-electron chi connectivity index (χ1n) is 5.56. The van der Waals surface area contributed by atoms with Crippen LogP contribution >= 0.6 is 27.3 Å². The highest BCUT2D eigenvalue weighted by molar-refractivity contribution is 9.11. The number of anilines is 1. The second-order valence-electron chi connectivity index (χ2n) is 4.05. The molecule has 19 heavy (non-hydrogen) atoms. The van der Waals surface area contributed by atoms with Gasteiger partial charge in [-0.2, -0.15) is 13.2 Å². The van der Waals surface area contributed by atoms with Gasteiger partial charge in [-0.05, 0) is 47.1 Å². The van der Waals surface area contributed by atoms with Crippen LogP contribution in [0.4, 0.5) is 18.9 Å². The van der Waals surface area contributed by atoms with Gasteiger partial charge in [0, 0.05) is 10.6 Å². The smallest absolute Gasteiger partial charge is 0.377 e. The maximum Gasteiger partial charge on any atom is 0.418 e. The molecule has 1 heterocycles. The normalized spacial score (nSPS) is 13.3. The number of nitrogens with one attached hydrogen (secondary N) is 1. The highest BCUT2D eigenvalue weighted by Crippen LogP contribution is 2.37. The van der Waals surface area contributed by atoms with Gasteiger partial charge in [0.05, 0.1) is 15.4 Å². The van der Waals surface area contributed by atoms with Crippen molar-refractivity contribution in [2.24, 2.45) is 0 Å². The van der Waals surface area contributed by atoms with E-state index in [-0.39, 0.29) is 11.7 Å². The third kappa shape index (κ3) is 3.51. The maximum absolute atomic E-state index is 12.9. The van der Waals surface area contributed by atoms with E-state index < -0.39 is 11.7 Å². The molecule has 0 spiro atoms. The lowest BCUT2D eigenvalue weighted by Crippen LogP contribution is -2.12. The van der Waals surface area contributed by atoms with Crippen molar-refractivity contribution in [3.8, 4) is 0 Å². The summed E-state index contributed by atoms with van der Waals surface area (Å²) >= 11 is 4.84. The monoisotopic (exact) mass is 349 g/mol. The van der Waals surface area contributed by atoms with E-state index in [0.29, 0.717) is 0 Å². The van der Waals surface area contributed by atoms with E-state index >= 15 is 0 Å². The van der Waals surface area contributed by atoms with Gasteiger partial charge in [0.2, 0.25) is 0 Å². The number of alkyl halides is 3. The van der Waals surface area contributed by atoms with Crippen LogP contribution in [0.1, 0.15) is 23.4 Å². The fourth-order valence-electron chi connectivity index (χ4n) is 1.72. The first kappa shape index (κ1) is 14.4. The van der Waals surface area contributed by atoms with Crippen LogP contribution in [0.15, 0.2) is 40.2 Å². The van der Waals surface area contributed by atoms with E-state index in [4.69, 9.17) is 0 Å². The van der Waals surface area contributed by atoms with E-state index in [2.05, 4.69) is 21.2 Å². The summed E-state index contributed by atoms with van der Waals surface area (Å²) in [6.07, 6.45) is -4.35. The molecule has 0 fully saturated rings. The van der Waals surface area contributed by atoms with E-state index in [1.165, 1.54) is 23.5 Å². The summed E-state index contributed by atoms with van der Waals surface area (Å²) in [5, 5.41) is 2.92. The first-order chi connectivity index (χ1) is 8.88.